The molecule has 3 N–H and O–H groups in total. The minimum absolute atomic E-state index is 0.0147. The molecule has 14 heavy (non-hydrogen) atoms. The number of piperidine rings is 1. The van der Waals surface area contributed by atoms with Crippen LogP contribution in [0, 0.1) is 17.8 Å². The predicted octanol–water partition coefficient (Wildman–Crippen LogP) is -0.126. The van der Waals surface area contributed by atoms with Gasteiger partial charge in [0, 0.05) is 18.5 Å². The third-order valence-corrected chi connectivity index (χ3v) is 3.22. The maximum absolute atomic E-state index is 9.85. The van der Waals surface area contributed by atoms with Gasteiger partial charge in [-0.15, -0.1) is 5.92 Å². The molecular weight excluding hydrogens is 178 g/mol. The van der Waals surface area contributed by atoms with Gasteiger partial charge in [0.15, 0.2) is 0 Å². The highest BCUT2D eigenvalue weighted by atomic mass is 16.3. The Bertz CT molecular complexity index is 275. The number of hydrogen-bond donors (Lipinski definition) is 3. The molecule has 2 aliphatic rings. The molecule has 78 valence electrons. The predicted molar refractivity (Wildman–Crippen MR) is 53.5 cm³/mol. The smallest absolute Gasteiger partial charge is 0.0966 e. The van der Waals surface area contributed by atoms with Crippen LogP contribution in [-0.4, -0.2) is 34.5 Å². The van der Waals surface area contributed by atoms with Crippen LogP contribution in [0.5, 0.6) is 0 Å². The van der Waals surface area contributed by atoms with Crippen LogP contribution in [0.1, 0.15) is 26.2 Å². The standard InChI is InChI=1S/C11H17NO2/c1-2-3-4-8-10(14)9(13)7-12-11(8)5-6-11/h8-10,12-14H,2,5-7H2,1H3/t8-,9-,10-/m1/s1. The van der Waals surface area contributed by atoms with Gasteiger partial charge >= 0.3 is 0 Å². The summed E-state index contributed by atoms with van der Waals surface area (Å²) in [5.41, 5.74) is 0.0147. The van der Waals surface area contributed by atoms with Gasteiger partial charge in [0.2, 0.25) is 0 Å². The van der Waals surface area contributed by atoms with Crippen molar-refractivity contribution < 1.29 is 10.2 Å². The largest absolute Gasteiger partial charge is 0.389 e. The molecule has 2 rings (SSSR count). The van der Waals surface area contributed by atoms with Gasteiger partial charge in [-0.2, -0.15) is 0 Å². The zero-order chi connectivity index (χ0) is 10.2. The van der Waals surface area contributed by atoms with Crippen LogP contribution in [0.3, 0.4) is 0 Å². The minimum atomic E-state index is -0.683. The Balaban J connectivity index is 2.14. The number of β-amino-alcohol motifs (C(OH)–C–C–N with tert-alkyl or cyclic N) is 1. The molecular formula is C11H17NO2. The van der Waals surface area contributed by atoms with Crippen molar-refractivity contribution in [2.24, 2.45) is 5.92 Å². The Hall–Kier alpha value is -0.560. The van der Waals surface area contributed by atoms with Crippen LogP contribution in [0.2, 0.25) is 0 Å². The lowest BCUT2D eigenvalue weighted by Gasteiger charge is -2.37. The number of aliphatic hydroxyl groups is 2. The van der Waals surface area contributed by atoms with Gasteiger partial charge in [-0.25, -0.2) is 0 Å². The molecule has 1 aliphatic carbocycles. The Morgan fingerprint density at radius 1 is 1.43 bits per heavy atom. The van der Waals surface area contributed by atoms with E-state index in [1.54, 1.807) is 0 Å². The summed E-state index contributed by atoms with van der Waals surface area (Å²) in [4.78, 5) is 0. The maximum atomic E-state index is 9.85. The zero-order valence-electron chi connectivity index (χ0n) is 8.45. The number of hydrogen-bond acceptors (Lipinski definition) is 3. The molecule has 0 bridgehead atoms. The third-order valence-electron chi connectivity index (χ3n) is 3.22. The summed E-state index contributed by atoms with van der Waals surface area (Å²) in [6.07, 6.45) is 1.59. The van der Waals surface area contributed by atoms with E-state index in [-0.39, 0.29) is 11.5 Å². The molecule has 0 radical (unpaired) electrons. The summed E-state index contributed by atoms with van der Waals surface area (Å²) >= 11 is 0. The van der Waals surface area contributed by atoms with E-state index in [0.717, 1.165) is 19.3 Å². The molecule has 1 heterocycles. The molecule has 3 atom stereocenters. The van der Waals surface area contributed by atoms with E-state index in [1.165, 1.54) is 0 Å². The summed E-state index contributed by atoms with van der Waals surface area (Å²) in [6, 6.07) is 0. The molecule has 2 fully saturated rings. The number of nitrogens with one attached hydrogen (secondary N) is 1. The topological polar surface area (TPSA) is 52.5 Å². The van der Waals surface area contributed by atoms with Crippen molar-refractivity contribution in [2.75, 3.05) is 6.54 Å². The van der Waals surface area contributed by atoms with E-state index in [0.29, 0.717) is 6.54 Å². The lowest BCUT2D eigenvalue weighted by molar-refractivity contribution is -0.0393. The summed E-state index contributed by atoms with van der Waals surface area (Å²) in [5, 5.41) is 22.7. The second-order valence-corrected chi connectivity index (χ2v) is 4.25. The fourth-order valence-corrected chi connectivity index (χ4v) is 2.15. The Morgan fingerprint density at radius 3 is 2.71 bits per heavy atom. The highest BCUT2D eigenvalue weighted by Gasteiger charge is 2.55. The van der Waals surface area contributed by atoms with Crippen molar-refractivity contribution in [1.29, 1.82) is 0 Å². The molecule has 1 spiro atoms. The average molecular weight is 195 g/mol. The van der Waals surface area contributed by atoms with Crippen LogP contribution < -0.4 is 5.32 Å². The monoisotopic (exact) mass is 195 g/mol. The Labute approximate surface area is 84.5 Å². The highest BCUT2D eigenvalue weighted by Crippen LogP contribution is 2.46. The van der Waals surface area contributed by atoms with Gasteiger partial charge in [0.05, 0.1) is 18.1 Å². The average Bonchev–Trinajstić information content (AvgIpc) is 2.94. The third kappa shape index (κ3) is 1.54. The first kappa shape index (κ1) is 9.97. The van der Waals surface area contributed by atoms with Crippen molar-refractivity contribution >= 4 is 0 Å². The first-order chi connectivity index (χ1) is 6.69. The Morgan fingerprint density at radius 2 is 2.14 bits per heavy atom. The zero-order valence-corrected chi connectivity index (χ0v) is 8.45. The second kappa shape index (κ2) is 3.54. The fourth-order valence-electron chi connectivity index (χ4n) is 2.15. The van der Waals surface area contributed by atoms with Gasteiger partial charge in [0.25, 0.3) is 0 Å². The Kier molecular flexibility index (Phi) is 2.52. The molecule has 1 saturated carbocycles. The number of rotatable bonds is 0. The molecule has 3 nitrogen and oxygen atoms in total. The lowest BCUT2D eigenvalue weighted by atomic mass is 9.85. The van der Waals surface area contributed by atoms with Gasteiger partial charge in [0.1, 0.15) is 0 Å². The van der Waals surface area contributed by atoms with Crippen molar-refractivity contribution in [3.8, 4) is 11.8 Å². The van der Waals surface area contributed by atoms with E-state index in [1.807, 2.05) is 6.92 Å². The van der Waals surface area contributed by atoms with Crippen LogP contribution in [0.15, 0.2) is 0 Å². The van der Waals surface area contributed by atoms with Crippen LogP contribution >= 0.6 is 0 Å². The maximum Gasteiger partial charge on any atom is 0.0966 e. The number of aliphatic hydroxyl groups excluding tert-OH is 2. The molecule has 0 amide bonds. The van der Waals surface area contributed by atoms with Crippen molar-refractivity contribution in [1.82, 2.24) is 5.32 Å². The fraction of sp³-hybridized carbons (Fsp3) is 0.818. The van der Waals surface area contributed by atoms with E-state index in [9.17, 15) is 10.2 Å². The van der Waals surface area contributed by atoms with Gasteiger partial charge < -0.3 is 15.5 Å². The van der Waals surface area contributed by atoms with Gasteiger partial charge in [-0.05, 0) is 12.8 Å². The molecule has 0 aromatic carbocycles. The van der Waals surface area contributed by atoms with Crippen LogP contribution in [-0.2, 0) is 0 Å². The van der Waals surface area contributed by atoms with Gasteiger partial charge in [-0.1, -0.05) is 12.8 Å². The molecule has 0 unspecified atom stereocenters. The summed E-state index contributed by atoms with van der Waals surface area (Å²) < 4.78 is 0. The second-order valence-electron chi connectivity index (χ2n) is 4.25. The summed E-state index contributed by atoms with van der Waals surface area (Å²) in [6.45, 7) is 2.48. The molecule has 1 saturated heterocycles. The molecule has 3 heteroatoms. The SMILES string of the molecule is CCC#C[C@@H]1[C@@H](O)[C@H](O)CNC12CC2. The lowest BCUT2D eigenvalue weighted by Crippen LogP contribution is -2.57. The highest BCUT2D eigenvalue weighted by molar-refractivity contribution is 5.23. The minimum Gasteiger partial charge on any atom is -0.389 e. The first-order valence-electron chi connectivity index (χ1n) is 5.29. The van der Waals surface area contributed by atoms with Crippen molar-refractivity contribution in [3.05, 3.63) is 0 Å². The van der Waals surface area contributed by atoms with E-state index in [4.69, 9.17) is 0 Å². The summed E-state index contributed by atoms with van der Waals surface area (Å²) in [5.74, 6) is 5.99. The first-order valence-corrected chi connectivity index (χ1v) is 5.29. The quantitative estimate of drug-likeness (QED) is 0.472. The van der Waals surface area contributed by atoms with Crippen LogP contribution in [0.25, 0.3) is 0 Å². The van der Waals surface area contributed by atoms with Gasteiger partial charge in [-0.3, -0.25) is 0 Å². The molecule has 0 aromatic heterocycles. The van der Waals surface area contributed by atoms with E-state index < -0.39 is 12.2 Å². The van der Waals surface area contributed by atoms with E-state index in [2.05, 4.69) is 17.2 Å². The molecule has 0 aromatic rings. The van der Waals surface area contributed by atoms with E-state index >= 15 is 0 Å². The van der Waals surface area contributed by atoms with Crippen molar-refractivity contribution in [3.63, 3.8) is 0 Å². The van der Waals surface area contributed by atoms with Crippen molar-refractivity contribution in [2.45, 2.75) is 43.9 Å². The normalized spacial score (nSPS) is 38.9. The molecule has 1 aliphatic heterocycles. The summed E-state index contributed by atoms with van der Waals surface area (Å²) in [7, 11) is 0. The van der Waals surface area contributed by atoms with Crippen LogP contribution in [0.4, 0.5) is 0 Å².